The van der Waals surface area contributed by atoms with Gasteiger partial charge in [-0.05, 0) is 41.8 Å². The van der Waals surface area contributed by atoms with Crippen LogP contribution in [-0.4, -0.2) is 50.4 Å². The minimum absolute atomic E-state index is 0.0251. The molecule has 9 nitrogen and oxygen atoms in total. The normalized spacial score (nSPS) is 16.6. The van der Waals surface area contributed by atoms with Gasteiger partial charge in [-0.2, -0.15) is 5.10 Å². The van der Waals surface area contributed by atoms with Crippen LogP contribution in [0.1, 0.15) is 20.3 Å². The van der Waals surface area contributed by atoms with Crippen molar-refractivity contribution in [3.05, 3.63) is 76.6 Å². The Bertz CT molecular complexity index is 1450. The Hall–Kier alpha value is -3.69. The topological polar surface area (TPSA) is 108 Å². The molecular formula is C26H27ClN6O3. The Balaban J connectivity index is 1.32. The second-order valence-electron chi connectivity index (χ2n) is 9.31. The number of hydrogen-bond donors (Lipinski definition) is 1. The summed E-state index contributed by atoms with van der Waals surface area (Å²) < 4.78 is 8.62. The predicted molar refractivity (Wildman–Crippen MR) is 139 cm³/mol. The van der Waals surface area contributed by atoms with Crippen LogP contribution in [0.25, 0.3) is 22.3 Å². The van der Waals surface area contributed by atoms with Gasteiger partial charge in [-0.1, -0.05) is 37.6 Å². The molecule has 4 heterocycles. The molecule has 0 unspecified atom stereocenters. The average molecular weight is 507 g/mol. The number of aromatic nitrogens is 4. The monoisotopic (exact) mass is 506 g/mol. The van der Waals surface area contributed by atoms with Gasteiger partial charge in [0.1, 0.15) is 29.8 Å². The second kappa shape index (κ2) is 9.75. The smallest absolute Gasteiger partial charge is 0.323 e. The van der Waals surface area contributed by atoms with Gasteiger partial charge in [-0.15, -0.1) is 0 Å². The van der Waals surface area contributed by atoms with Crippen LogP contribution in [0.15, 0.2) is 66.0 Å². The summed E-state index contributed by atoms with van der Waals surface area (Å²) in [5, 5.41) is 5.06. The van der Waals surface area contributed by atoms with Crippen LogP contribution in [0, 0.1) is 5.92 Å². The molecule has 0 saturated carbocycles. The maximum Gasteiger partial charge on any atom is 0.323 e. The number of esters is 1. The van der Waals surface area contributed by atoms with E-state index < -0.39 is 6.04 Å². The number of carbonyl (C=O) groups excluding carboxylic acids is 1. The van der Waals surface area contributed by atoms with Crippen molar-refractivity contribution < 1.29 is 9.53 Å². The van der Waals surface area contributed by atoms with Crippen molar-refractivity contribution in [2.24, 2.45) is 11.7 Å². The zero-order valence-corrected chi connectivity index (χ0v) is 20.8. The molecule has 0 amide bonds. The zero-order valence-electron chi connectivity index (χ0n) is 20.0. The number of anilines is 1. The van der Waals surface area contributed by atoms with Crippen molar-refractivity contribution in [2.75, 3.05) is 18.0 Å². The number of halogens is 1. The molecule has 1 aromatic carbocycles. The van der Waals surface area contributed by atoms with E-state index in [0.29, 0.717) is 35.7 Å². The predicted octanol–water partition coefficient (Wildman–Crippen LogP) is 3.31. The Labute approximate surface area is 213 Å². The van der Waals surface area contributed by atoms with E-state index in [1.165, 1.54) is 10.9 Å². The third-order valence-corrected chi connectivity index (χ3v) is 6.71. The number of rotatable bonds is 6. The summed E-state index contributed by atoms with van der Waals surface area (Å²) in [6, 6.07) is 12.3. The van der Waals surface area contributed by atoms with E-state index in [4.69, 9.17) is 22.1 Å². The molecule has 1 aliphatic rings. The van der Waals surface area contributed by atoms with Gasteiger partial charge < -0.3 is 15.4 Å². The molecule has 2 atom stereocenters. The van der Waals surface area contributed by atoms with E-state index in [2.05, 4.69) is 15.0 Å². The van der Waals surface area contributed by atoms with Gasteiger partial charge in [0.25, 0.3) is 5.56 Å². The highest BCUT2D eigenvalue weighted by atomic mass is 35.5. The molecule has 0 radical (unpaired) electrons. The molecular weight excluding hydrogens is 480 g/mol. The summed E-state index contributed by atoms with van der Waals surface area (Å²) in [6.45, 7) is 5.05. The van der Waals surface area contributed by atoms with Gasteiger partial charge >= 0.3 is 5.97 Å². The number of fused-ring (bicyclic) bond motifs is 1. The van der Waals surface area contributed by atoms with E-state index in [9.17, 15) is 9.59 Å². The minimum Gasteiger partial charge on any atom is -0.459 e. The highest BCUT2D eigenvalue weighted by Crippen LogP contribution is 2.24. The van der Waals surface area contributed by atoms with E-state index in [1.54, 1.807) is 10.7 Å². The molecule has 3 aromatic heterocycles. The highest BCUT2D eigenvalue weighted by molar-refractivity contribution is 6.30. The van der Waals surface area contributed by atoms with Gasteiger partial charge in [-0.25, -0.2) is 9.50 Å². The Kier molecular flexibility index (Phi) is 6.51. The molecule has 0 spiro atoms. The molecule has 1 saturated heterocycles. The average Bonchev–Trinajstić information content (AvgIpc) is 3.52. The molecule has 186 valence electrons. The molecule has 0 aliphatic carbocycles. The maximum atomic E-state index is 13.2. The number of ether oxygens (including phenoxy) is 1. The first kappa shape index (κ1) is 24.0. The third-order valence-electron chi connectivity index (χ3n) is 6.46. The van der Waals surface area contributed by atoms with Crippen LogP contribution in [-0.2, 0) is 9.53 Å². The number of nitrogens with zero attached hydrogens (tertiary/aromatic N) is 5. The fourth-order valence-corrected chi connectivity index (χ4v) is 4.36. The maximum absolute atomic E-state index is 13.2. The summed E-state index contributed by atoms with van der Waals surface area (Å²) in [7, 11) is 0. The lowest BCUT2D eigenvalue weighted by atomic mass is 10.1. The van der Waals surface area contributed by atoms with Gasteiger partial charge in [0.15, 0.2) is 0 Å². The van der Waals surface area contributed by atoms with Crippen molar-refractivity contribution in [1.29, 1.82) is 0 Å². The lowest BCUT2D eigenvalue weighted by molar-refractivity contribution is -0.150. The summed E-state index contributed by atoms with van der Waals surface area (Å²) in [4.78, 5) is 32.0. The fraction of sp³-hybridized carbons (Fsp3) is 0.308. The molecule has 5 rings (SSSR count). The Morgan fingerprint density at radius 2 is 1.94 bits per heavy atom. The van der Waals surface area contributed by atoms with E-state index in [-0.39, 0.29) is 23.6 Å². The van der Waals surface area contributed by atoms with Crippen molar-refractivity contribution in [3.63, 3.8) is 0 Å². The minimum atomic E-state index is -0.622. The Morgan fingerprint density at radius 3 is 2.64 bits per heavy atom. The van der Waals surface area contributed by atoms with Gasteiger partial charge in [0.2, 0.25) is 0 Å². The molecule has 36 heavy (non-hydrogen) atoms. The lowest BCUT2D eigenvalue weighted by Gasteiger charge is -2.20. The molecule has 2 N–H and O–H groups in total. The van der Waals surface area contributed by atoms with E-state index in [0.717, 1.165) is 16.9 Å². The zero-order chi connectivity index (χ0) is 25.4. The fourth-order valence-electron chi connectivity index (χ4n) is 4.23. The summed E-state index contributed by atoms with van der Waals surface area (Å²) in [5.41, 5.74) is 8.59. The van der Waals surface area contributed by atoms with Crippen molar-refractivity contribution in [2.45, 2.75) is 32.4 Å². The second-order valence-corrected chi connectivity index (χ2v) is 9.75. The SMILES string of the molecule is CC(C)[C@H](N)C(=O)O[C@@H]1CCN(c2ccc(-n3cnn4cc(-c5ccc(Cl)cc5)cc4c3=O)cn2)C1. The first-order valence-electron chi connectivity index (χ1n) is 11.8. The van der Waals surface area contributed by atoms with Crippen LogP contribution < -0.4 is 16.2 Å². The van der Waals surface area contributed by atoms with Crippen LogP contribution in [0.5, 0.6) is 0 Å². The number of benzene rings is 1. The molecule has 10 heteroatoms. The third kappa shape index (κ3) is 4.72. The first-order valence-corrected chi connectivity index (χ1v) is 12.2. The van der Waals surface area contributed by atoms with Gasteiger partial charge in [-0.3, -0.25) is 14.2 Å². The van der Waals surface area contributed by atoms with Crippen molar-refractivity contribution >= 4 is 28.9 Å². The van der Waals surface area contributed by atoms with Gasteiger partial charge in [0.05, 0.1) is 18.4 Å². The standard InChI is InChI=1S/C26H27ClN6O3/c1-16(2)24(28)26(35)36-21-9-10-31(14-21)23-8-7-20(12-29-23)32-15-30-33-13-18(11-22(33)25(32)34)17-3-5-19(27)6-4-17/h3-8,11-13,15-16,21,24H,9-10,14,28H2,1-2H3/t21-,24+/m1/s1. The number of carbonyl (C=O) groups is 1. The largest absolute Gasteiger partial charge is 0.459 e. The highest BCUT2D eigenvalue weighted by Gasteiger charge is 2.29. The molecule has 0 bridgehead atoms. The van der Waals surface area contributed by atoms with E-state index in [1.807, 2.05) is 62.5 Å². The number of hydrogen-bond acceptors (Lipinski definition) is 7. The van der Waals surface area contributed by atoms with Crippen LogP contribution in [0.4, 0.5) is 5.82 Å². The Morgan fingerprint density at radius 1 is 1.17 bits per heavy atom. The lowest BCUT2D eigenvalue weighted by Crippen LogP contribution is -2.39. The van der Waals surface area contributed by atoms with E-state index >= 15 is 0 Å². The first-order chi connectivity index (χ1) is 17.3. The van der Waals surface area contributed by atoms with Crippen LogP contribution in [0.2, 0.25) is 5.02 Å². The van der Waals surface area contributed by atoms with Crippen LogP contribution >= 0.6 is 11.6 Å². The summed E-state index contributed by atoms with van der Waals surface area (Å²) in [5.74, 6) is 0.407. The number of pyridine rings is 1. The molecule has 1 aliphatic heterocycles. The van der Waals surface area contributed by atoms with Crippen molar-refractivity contribution in [3.8, 4) is 16.8 Å². The number of nitrogens with two attached hydrogens (primary N) is 1. The quantitative estimate of drug-likeness (QED) is 0.400. The summed E-state index contributed by atoms with van der Waals surface area (Å²) in [6.07, 6.45) is 5.44. The van der Waals surface area contributed by atoms with Crippen molar-refractivity contribution in [1.82, 2.24) is 19.2 Å². The van der Waals surface area contributed by atoms with Crippen LogP contribution in [0.3, 0.4) is 0 Å². The summed E-state index contributed by atoms with van der Waals surface area (Å²) >= 11 is 5.99. The molecule has 1 fully saturated rings. The van der Waals surface area contributed by atoms with Gasteiger partial charge in [0, 0.05) is 29.7 Å². The molecule has 4 aromatic rings.